The summed E-state index contributed by atoms with van der Waals surface area (Å²) in [5.41, 5.74) is -0.0937. The number of rotatable bonds is 5. The van der Waals surface area contributed by atoms with Crippen LogP contribution in [-0.4, -0.2) is 21.8 Å². The highest BCUT2D eigenvalue weighted by atomic mass is 79.9. The number of hydrogen-bond acceptors (Lipinski definition) is 4. The van der Waals surface area contributed by atoms with Crippen LogP contribution < -0.4 is 4.90 Å². The maximum atomic E-state index is 13.3. The number of anilines is 1. The molecule has 0 spiro atoms. The fourth-order valence-electron chi connectivity index (χ4n) is 3.50. The highest BCUT2D eigenvalue weighted by molar-refractivity contribution is 9.10. The molecule has 2 aromatic carbocycles. The molecule has 0 saturated carbocycles. The first-order valence-corrected chi connectivity index (χ1v) is 10.1. The quantitative estimate of drug-likeness (QED) is 0.556. The Labute approximate surface area is 181 Å². The zero-order chi connectivity index (χ0) is 20.6. The second kappa shape index (κ2) is 7.71. The third-order valence-corrected chi connectivity index (χ3v) is 5.81. The summed E-state index contributed by atoms with van der Waals surface area (Å²) >= 11 is 9.65. The number of halogens is 2. The van der Waals surface area contributed by atoms with Gasteiger partial charge in [0.05, 0.1) is 18.7 Å². The van der Waals surface area contributed by atoms with Crippen molar-refractivity contribution in [1.29, 1.82) is 0 Å². The lowest BCUT2D eigenvalue weighted by Crippen LogP contribution is -2.41. The van der Waals surface area contributed by atoms with E-state index in [1.165, 1.54) is 11.1 Å². The summed E-state index contributed by atoms with van der Waals surface area (Å²) in [6.07, 6.45) is 1.10. The van der Waals surface area contributed by atoms with Crippen LogP contribution in [-0.2, 0) is 16.9 Å². The molecule has 0 aliphatic carbocycles. The van der Waals surface area contributed by atoms with Crippen molar-refractivity contribution in [2.24, 2.45) is 0 Å². The number of nitrogens with zero attached hydrogens (tertiary/aromatic N) is 2. The van der Waals surface area contributed by atoms with Crippen LogP contribution >= 0.6 is 27.5 Å². The van der Waals surface area contributed by atoms with Crippen molar-refractivity contribution in [3.05, 3.63) is 93.2 Å². The minimum absolute atomic E-state index is 0.188. The van der Waals surface area contributed by atoms with E-state index in [1.54, 1.807) is 42.5 Å². The van der Waals surface area contributed by atoms with E-state index in [0.29, 0.717) is 20.7 Å². The van der Waals surface area contributed by atoms with Gasteiger partial charge in [-0.3, -0.25) is 14.6 Å². The van der Waals surface area contributed by atoms with Crippen molar-refractivity contribution in [3.8, 4) is 0 Å². The first kappa shape index (κ1) is 19.8. The summed E-state index contributed by atoms with van der Waals surface area (Å²) in [5.74, 6) is -0.971. The van der Waals surface area contributed by atoms with E-state index in [9.17, 15) is 14.7 Å². The van der Waals surface area contributed by atoms with E-state index < -0.39 is 23.7 Å². The van der Waals surface area contributed by atoms with E-state index >= 15 is 0 Å². The van der Waals surface area contributed by atoms with E-state index in [2.05, 4.69) is 20.9 Å². The molecule has 1 amide bonds. The Balaban J connectivity index is 1.73. The summed E-state index contributed by atoms with van der Waals surface area (Å²) in [6.45, 7) is 0.188. The van der Waals surface area contributed by atoms with Crippen LogP contribution in [0.1, 0.15) is 28.0 Å². The first-order valence-electron chi connectivity index (χ1n) is 8.92. The number of aliphatic hydroxyl groups is 1. The van der Waals surface area contributed by atoms with Gasteiger partial charge in [-0.1, -0.05) is 51.8 Å². The van der Waals surface area contributed by atoms with Crippen molar-refractivity contribution in [3.63, 3.8) is 0 Å². The lowest BCUT2D eigenvalue weighted by Gasteiger charge is -2.23. The number of benzene rings is 2. The third-order valence-electron chi connectivity index (χ3n) is 4.95. The average molecular weight is 472 g/mol. The van der Waals surface area contributed by atoms with Crippen molar-refractivity contribution in [1.82, 2.24) is 4.98 Å². The van der Waals surface area contributed by atoms with Crippen LogP contribution in [0, 0.1) is 0 Å². The number of carbonyl (C=O) groups is 2. The Morgan fingerprint density at radius 3 is 2.62 bits per heavy atom. The molecule has 1 aromatic heterocycles. The lowest BCUT2D eigenvalue weighted by atomic mass is 9.89. The third kappa shape index (κ3) is 3.59. The Morgan fingerprint density at radius 2 is 1.90 bits per heavy atom. The second-order valence-corrected chi connectivity index (χ2v) is 8.14. The molecule has 1 aliphatic heterocycles. The summed E-state index contributed by atoms with van der Waals surface area (Å²) < 4.78 is 0.701. The van der Waals surface area contributed by atoms with Gasteiger partial charge in [-0.05, 0) is 42.0 Å². The van der Waals surface area contributed by atoms with Gasteiger partial charge in [-0.2, -0.15) is 0 Å². The predicted molar refractivity (Wildman–Crippen MR) is 114 cm³/mol. The Hall–Kier alpha value is -2.54. The number of Topliss-reactive ketones (excluding diaryl/α,β-unsaturated/α-hetero) is 1. The molecule has 1 atom stereocenters. The molecule has 1 unspecified atom stereocenters. The molecular formula is C22H16BrClN2O3. The highest BCUT2D eigenvalue weighted by Crippen LogP contribution is 2.45. The Morgan fingerprint density at radius 1 is 1.14 bits per heavy atom. The molecule has 2 heterocycles. The molecule has 29 heavy (non-hydrogen) atoms. The molecule has 0 saturated heterocycles. The minimum Gasteiger partial charge on any atom is -0.375 e. The molecule has 0 radical (unpaired) electrons. The number of hydrogen-bond donors (Lipinski definition) is 1. The second-order valence-electron chi connectivity index (χ2n) is 6.82. The minimum atomic E-state index is -1.98. The topological polar surface area (TPSA) is 70.5 Å². The van der Waals surface area contributed by atoms with Gasteiger partial charge in [0, 0.05) is 21.3 Å². The maximum absolute atomic E-state index is 13.3. The van der Waals surface area contributed by atoms with Crippen molar-refractivity contribution in [2.75, 3.05) is 4.90 Å². The first-order chi connectivity index (χ1) is 13.9. The van der Waals surface area contributed by atoms with Crippen LogP contribution in [0.4, 0.5) is 5.69 Å². The van der Waals surface area contributed by atoms with E-state index in [-0.39, 0.29) is 12.2 Å². The maximum Gasteiger partial charge on any atom is 0.264 e. The number of amides is 1. The van der Waals surface area contributed by atoms with Crippen molar-refractivity contribution >= 4 is 44.9 Å². The molecule has 1 N–H and O–H groups in total. The van der Waals surface area contributed by atoms with Gasteiger partial charge in [0.2, 0.25) is 0 Å². The number of aromatic nitrogens is 1. The standard InChI is InChI=1S/C22H16BrClN2O3/c23-15-8-9-19-16(11-15)22(29,12-20(27)18-7-3-4-10-25-18)21(28)26(19)13-14-5-1-2-6-17(14)24/h1-11,29H,12-13H2. The number of ketones is 1. The lowest BCUT2D eigenvalue weighted by molar-refractivity contribution is -0.136. The van der Waals surface area contributed by atoms with Gasteiger partial charge >= 0.3 is 0 Å². The molecule has 146 valence electrons. The predicted octanol–water partition coefficient (Wildman–Crippen LogP) is 4.50. The van der Waals surface area contributed by atoms with Gasteiger partial charge < -0.3 is 10.0 Å². The Kier molecular flexibility index (Phi) is 5.25. The fourth-order valence-corrected chi connectivity index (χ4v) is 4.05. The molecule has 4 rings (SSSR count). The normalized spacial score (nSPS) is 18.0. The smallest absolute Gasteiger partial charge is 0.264 e. The molecule has 7 heteroatoms. The SMILES string of the molecule is O=C(CC1(O)C(=O)N(Cc2ccccc2Cl)c2ccc(Br)cc21)c1ccccn1. The monoisotopic (exact) mass is 470 g/mol. The Bertz CT molecular complexity index is 1110. The van der Waals surface area contributed by atoms with Crippen molar-refractivity contribution in [2.45, 2.75) is 18.6 Å². The average Bonchev–Trinajstić information content (AvgIpc) is 2.92. The van der Waals surface area contributed by atoms with Crippen molar-refractivity contribution < 1.29 is 14.7 Å². The summed E-state index contributed by atoms with van der Waals surface area (Å²) in [6, 6.07) is 17.4. The summed E-state index contributed by atoms with van der Waals surface area (Å²) in [7, 11) is 0. The molecule has 3 aromatic rings. The van der Waals surface area contributed by atoms with Crippen LogP contribution in [0.25, 0.3) is 0 Å². The molecular weight excluding hydrogens is 456 g/mol. The summed E-state index contributed by atoms with van der Waals surface area (Å²) in [5, 5.41) is 11.9. The summed E-state index contributed by atoms with van der Waals surface area (Å²) in [4.78, 5) is 31.6. The number of pyridine rings is 1. The zero-order valence-corrected chi connectivity index (χ0v) is 17.5. The van der Waals surface area contributed by atoms with Gasteiger partial charge in [0.25, 0.3) is 5.91 Å². The fraction of sp³-hybridized carbons (Fsp3) is 0.136. The number of carbonyl (C=O) groups excluding carboxylic acids is 2. The van der Waals surface area contributed by atoms with Gasteiger partial charge in [0.15, 0.2) is 11.4 Å². The molecule has 1 aliphatic rings. The van der Waals surface area contributed by atoms with Crippen LogP contribution in [0.5, 0.6) is 0 Å². The van der Waals surface area contributed by atoms with Gasteiger partial charge in [-0.25, -0.2) is 0 Å². The van der Waals surface area contributed by atoms with Crippen LogP contribution in [0.15, 0.2) is 71.3 Å². The van der Waals surface area contributed by atoms with E-state index in [1.807, 2.05) is 18.2 Å². The van der Waals surface area contributed by atoms with Gasteiger partial charge in [0.1, 0.15) is 5.69 Å². The van der Waals surface area contributed by atoms with E-state index in [4.69, 9.17) is 11.6 Å². The molecule has 0 fully saturated rings. The van der Waals surface area contributed by atoms with E-state index in [0.717, 1.165) is 5.56 Å². The molecule has 5 nitrogen and oxygen atoms in total. The zero-order valence-electron chi connectivity index (χ0n) is 15.2. The van der Waals surface area contributed by atoms with Crippen LogP contribution in [0.2, 0.25) is 5.02 Å². The largest absolute Gasteiger partial charge is 0.375 e. The van der Waals surface area contributed by atoms with Crippen LogP contribution in [0.3, 0.4) is 0 Å². The van der Waals surface area contributed by atoms with Gasteiger partial charge in [-0.15, -0.1) is 0 Å². The highest BCUT2D eigenvalue weighted by Gasteiger charge is 2.51. The molecule has 0 bridgehead atoms. The number of fused-ring (bicyclic) bond motifs is 1.